The quantitative estimate of drug-likeness (QED) is 0.452. The molecule has 178 valence electrons. The minimum Gasteiger partial charge on any atom is -0.508 e. The zero-order valence-electron chi connectivity index (χ0n) is 19.6. The normalized spacial score (nSPS) is 24.4. The molecule has 5 nitrogen and oxygen atoms in total. The first-order valence-corrected chi connectivity index (χ1v) is 12.7. The van der Waals surface area contributed by atoms with Crippen LogP contribution in [-0.2, 0) is 0 Å². The maximum Gasteiger partial charge on any atom is 0.140 e. The molecule has 0 saturated carbocycles. The number of ether oxygens (including phenoxy) is 2. The van der Waals surface area contributed by atoms with Gasteiger partial charge in [0.1, 0.15) is 35.7 Å². The van der Waals surface area contributed by atoms with Crippen molar-refractivity contribution >= 4 is 11.8 Å². The van der Waals surface area contributed by atoms with E-state index in [1.165, 1.54) is 0 Å². The molecule has 6 heteroatoms. The number of phenolic OH excluding ortho intramolecular Hbond substituents is 2. The highest BCUT2D eigenvalue weighted by Gasteiger charge is 2.34. The van der Waals surface area contributed by atoms with Gasteiger partial charge in [0.25, 0.3) is 0 Å². The summed E-state index contributed by atoms with van der Waals surface area (Å²) >= 11 is 1.64. The van der Waals surface area contributed by atoms with E-state index in [0.717, 1.165) is 59.0 Å². The summed E-state index contributed by atoms with van der Waals surface area (Å²) in [6, 6.07) is 20.6. The van der Waals surface area contributed by atoms with Crippen LogP contribution in [0.1, 0.15) is 36.3 Å². The number of thioether (sulfide) groups is 1. The largest absolute Gasteiger partial charge is 0.508 e. The van der Waals surface area contributed by atoms with Gasteiger partial charge in [0.05, 0.1) is 10.1 Å². The average Bonchev–Trinajstić information content (AvgIpc) is 3.15. The zero-order valence-corrected chi connectivity index (χ0v) is 20.4. The standard InChI is InChI=1S/C28H31NO4S/c1-18-16-29(17-19(18)2)12-13-32-24-9-6-20(7-10-24)27-28(21-4-3-5-22(30)14-21)34-26-15-23(31)8-11-25(26)33-27/h3-11,14-15,18-19,27-28,30-31H,12-13,16-17H2,1-2H3/t18-,19-,27+,28-/m1/s1. The molecule has 0 spiro atoms. The van der Waals surface area contributed by atoms with Crippen molar-refractivity contribution in [3.63, 3.8) is 0 Å². The second-order valence-electron chi connectivity index (χ2n) is 9.43. The number of fused-ring (bicyclic) bond motifs is 1. The van der Waals surface area contributed by atoms with Crippen LogP contribution in [0.3, 0.4) is 0 Å². The molecule has 0 unspecified atom stereocenters. The summed E-state index contributed by atoms with van der Waals surface area (Å²) in [5.41, 5.74) is 2.01. The fraction of sp³-hybridized carbons (Fsp3) is 0.357. The van der Waals surface area contributed by atoms with Crippen LogP contribution in [0.2, 0.25) is 0 Å². The zero-order chi connectivity index (χ0) is 23.7. The lowest BCUT2D eigenvalue weighted by Crippen LogP contribution is -2.26. The maximum atomic E-state index is 10.1. The fourth-order valence-electron chi connectivity index (χ4n) is 4.75. The summed E-state index contributed by atoms with van der Waals surface area (Å²) < 4.78 is 12.5. The molecule has 0 bridgehead atoms. The molecule has 2 aliphatic heterocycles. The summed E-state index contributed by atoms with van der Waals surface area (Å²) in [4.78, 5) is 3.36. The first-order chi connectivity index (χ1) is 16.5. The molecule has 0 amide bonds. The van der Waals surface area contributed by atoms with Crippen LogP contribution in [0.25, 0.3) is 0 Å². The summed E-state index contributed by atoms with van der Waals surface area (Å²) in [6.07, 6.45) is -0.245. The Hall–Kier alpha value is -2.83. The summed E-state index contributed by atoms with van der Waals surface area (Å²) in [5, 5.41) is 19.9. The molecule has 0 radical (unpaired) electrons. The Labute approximate surface area is 205 Å². The van der Waals surface area contributed by atoms with Crippen molar-refractivity contribution in [3.8, 4) is 23.0 Å². The third-order valence-electron chi connectivity index (χ3n) is 6.86. The highest BCUT2D eigenvalue weighted by Crippen LogP contribution is 2.54. The van der Waals surface area contributed by atoms with Gasteiger partial charge in [0.15, 0.2) is 0 Å². The van der Waals surface area contributed by atoms with Crippen molar-refractivity contribution in [1.29, 1.82) is 0 Å². The van der Waals surface area contributed by atoms with Gasteiger partial charge in [-0.25, -0.2) is 0 Å². The topological polar surface area (TPSA) is 62.2 Å². The van der Waals surface area contributed by atoms with Crippen LogP contribution in [-0.4, -0.2) is 41.4 Å². The van der Waals surface area contributed by atoms with E-state index in [2.05, 4.69) is 30.9 Å². The highest BCUT2D eigenvalue weighted by molar-refractivity contribution is 7.99. The van der Waals surface area contributed by atoms with E-state index in [1.54, 1.807) is 42.1 Å². The van der Waals surface area contributed by atoms with E-state index < -0.39 is 0 Å². The third kappa shape index (κ3) is 4.98. The number of phenols is 2. The molecule has 5 rings (SSSR count). The summed E-state index contributed by atoms with van der Waals surface area (Å²) in [7, 11) is 0. The van der Waals surface area contributed by atoms with Crippen molar-refractivity contribution in [3.05, 3.63) is 77.9 Å². The lowest BCUT2D eigenvalue weighted by atomic mass is 10.00. The smallest absolute Gasteiger partial charge is 0.140 e. The van der Waals surface area contributed by atoms with Crippen molar-refractivity contribution in [2.75, 3.05) is 26.2 Å². The average molecular weight is 478 g/mol. The van der Waals surface area contributed by atoms with Crippen molar-refractivity contribution < 1.29 is 19.7 Å². The predicted molar refractivity (Wildman–Crippen MR) is 135 cm³/mol. The van der Waals surface area contributed by atoms with Crippen LogP contribution < -0.4 is 9.47 Å². The van der Waals surface area contributed by atoms with Gasteiger partial charge in [-0.1, -0.05) is 38.1 Å². The van der Waals surface area contributed by atoms with E-state index in [4.69, 9.17) is 9.47 Å². The van der Waals surface area contributed by atoms with E-state index >= 15 is 0 Å². The molecule has 0 aliphatic carbocycles. The third-order valence-corrected chi connectivity index (χ3v) is 8.20. The highest BCUT2D eigenvalue weighted by atomic mass is 32.2. The van der Waals surface area contributed by atoms with Gasteiger partial charge < -0.3 is 19.7 Å². The Bertz CT molecular complexity index is 1130. The molecule has 4 atom stereocenters. The van der Waals surface area contributed by atoms with Gasteiger partial charge in [-0.2, -0.15) is 0 Å². The number of rotatable bonds is 6. The minimum atomic E-state index is -0.245. The monoisotopic (exact) mass is 477 g/mol. The Balaban J connectivity index is 1.31. The number of hydrogen-bond acceptors (Lipinski definition) is 6. The van der Waals surface area contributed by atoms with Gasteiger partial charge in [-0.05, 0) is 65.4 Å². The predicted octanol–water partition coefficient (Wildman–Crippen LogP) is 6.03. The van der Waals surface area contributed by atoms with Crippen LogP contribution in [0, 0.1) is 11.8 Å². The van der Waals surface area contributed by atoms with Gasteiger partial charge in [0.2, 0.25) is 0 Å². The molecule has 2 heterocycles. The van der Waals surface area contributed by atoms with Crippen molar-refractivity contribution in [1.82, 2.24) is 4.90 Å². The van der Waals surface area contributed by atoms with Crippen LogP contribution in [0.4, 0.5) is 0 Å². The number of nitrogens with zero attached hydrogens (tertiary/aromatic N) is 1. The van der Waals surface area contributed by atoms with Gasteiger partial charge >= 0.3 is 0 Å². The van der Waals surface area contributed by atoms with Crippen molar-refractivity contribution in [2.24, 2.45) is 11.8 Å². The van der Waals surface area contributed by atoms with E-state index in [0.29, 0.717) is 6.61 Å². The first kappa shape index (κ1) is 22.9. The molecular formula is C28H31NO4S. The Morgan fingerprint density at radius 2 is 1.65 bits per heavy atom. The van der Waals surface area contributed by atoms with Gasteiger partial charge in [-0.15, -0.1) is 11.8 Å². The minimum absolute atomic E-state index is 0.0766. The lowest BCUT2D eigenvalue weighted by Gasteiger charge is -2.34. The van der Waals surface area contributed by atoms with Gasteiger partial charge in [0, 0.05) is 19.6 Å². The Morgan fingerprint density at radius 1 is 0.912 bits per heavy atom. The lowest BCUT2D eigenvalue weighted by molar-refractivity contribution is 0.190. The number of hydrogen-bond donors (Lipinski definition) is 2. The molecule has 34 heavy (non-hydrogen) atoms. The Kier molecular flexibility index (Phi) is 6.61. The molecular weight excluding hydrogens is 446 g/mol. The SMILES string of the molecule is C[C@@H]1CN(CCOc2ccc([C@@H]3Oc4ccc(O)cc4S[C@@H]3c3cccc(O)c3)cc2)C[C@H]1C. The second-order valence-corrected chi connectivity index (χ2v) is 10.6. The molecule has 1 saturated heterocycles. The molecule has 2 aliphatic rings. The second kappa shape index (κ2) is 9.80. The molecule has 3 aromatic carbocycles. The van der Waals surface area contributed by atoms with Crippen LogP contribution in [0.15, 0.2) is 71.6 Å². The van der Waals surface area contributed by atoms with Crippen LogP contribution in [0.5, 0.6) is 23.0 Å². The van der Waals surface area contributed by atoms with E-state index in [9.17, 15) is 10.2 Å². The maximum absolute atomic E-state index is 10.1. The molecule has 1 fully saturated rings. The van der Waals surface area contributed by atoms with Gasteiger partial charge in [-0.3, -0.25) is 4.90 Å². The number of aromatic hydroxyl groups is 2. The molecule has 0 aromatic heterocycles. The first-order valence-electron chi connectivity index (χ1n) is 11.9. The molecule has 2 N–H and O–H groups in total. The number of benzene rings is 3. The van der Waals surface area contributed by atoms with E-state index in [-0.39, 0.29) is 22.9 Å². The number of likely N-dealkylation sites (tertiary alicyclic amines) is 1. The summed E-state index contributed by atoms with van der Waals surface area (Å²) in [5.74, 6) is 3.54. The molecule has 3 aromatic rings. The Morgan fingerprint density at radius 3 is 2.38 bits per heavy atom. The van der Waals surface area contributed by atoms with Crippen molar-refractivity contribution in [2.45, 2.75) is 30.1 Å². The van der Waals surface area contributed by atoms with E-state index in [1.807, 2.05) is 24.3 Å². The fourth-order valence-corrected chi connectivity index (χ4v) is 6.06. The van der Waals surface area contributed by atoms with Crippen LogP contribution >= 0.6 is 11.8 Å². The summed E-state index contributed by atoms with van der Waals surface area (Å²) in [6.45, 7) is 8.56.